The zero-order valence-electron chi connectivity index (χ0n) is 9.43. The highest BCUT2D eigenvalue weighted by atomic mass is 35.5. The SMILES string of the molecule is CN(C1CCSC1)S(=O)(=O)c1ccsc1CCl. The topological polar surface area (TPSA) is 37.4 Å². The highest BCUT2D eigenvalue weighted by molar-refractivity contribution is 7.99. The van der Waals surface area contributed by atoms with Crippen LogP contribution in [0.3, 0.4) is 0 Å². The van der Waals surface area contributed by atoms with Crippen LogP contribution in [-0.4, -0.2) is 37.3 Å². The van der Waals surface area contributed by atoms with Gasteiger partial charge >= 0.3 is 0 Å². The summed E-state index contributed by atoms with van der Waals surface area (Å²) in [7, 11) is -1.71. The molecule has 0 aromatic carbocycles. The zero-order chi connectivity index (χ0) is 12.5. The van der Waals surface area contributed by atoms with E-state index in [1.165, 1.54) is 15.6 Å². The Bertz CT molecular complexity index is 479. The molecular formula is C10H14ClNO2S3. The second-order valence-corrected chi connectivity index (χ2v) is 8.26. The highest BCUT2D eigenvalue weighted by Crippen LogP contribution is 2.30. The molecule has 17 heavy (non-hydrogen) atoms. The van der Waals surface area contributed by atoms with Crippen molar-refractivity contribution in [3.8, 4) is 0 Å². The summed E-state index contributed by atoms with van der Waals surface area (Å²) < 4.78 is 26.4. The van der Waals surface area contributed by atoms with Crippen molar-refractivity contribution in [1.29, 1.82) is 0 Å². The molecule has 7 heteroatoms. The predicted molar refractivity (Wildman–Crippen MR) is 74.6 cm³/mol. The predicted octanol–water partition coefficient (Wildman–Crippen LogP) is 2.61. The Morgan fingerprint density at radius 1 is 1.59 bits per heavy atom. The summed E-state index contributed by atoms with van der Waals surface area (Å²) in [5.41, 5.74) is 0. The van der Waals surface area contributed by atoms with Crippen LogP contribution in [0, 0.1) is 0 Å². The summed E-state index contributed by atoms with van der Waals surface area (Å²) in [6, 6.07) is 1.77. The van der Waals surface area contributed by atoms with Gasteiger partial charge in [0.05, 0.1) is 10.8 Å². The third-order valence-corrected chi connectivity index (χ3v) is 7.52. The van der Waals surface area contributed by atoms with Gasteiger partial charge in [0.2, 0.25) is 10.0 Å². The first kappa shape index (κ1) is 13.7. The number of nitrogens with zero attached hydrogens (tertiary/aromatic N) is 1. The molecule has 1 aliphatic rings. The van der Waals surface area contributed by atoms with Crippen LogP contribution in [0.5, 0.6) is 0 Å². The molecule has 0 saturated carbocycles. The summed E-state index contributed by atoms with van der Waals surface area (Å²) in [6.45, 7) is 0. The first-order valence-corrected chi connectivity index (χ1v) is 9.26. The summed E-state index contributed by atoms with van der Waals surface area (Å²) in [4.78, 5) is 1.10. The van der Waals surface area contributed by atoms with Crippen LogP contribution in [0.1, 0.15) is 11.3 Å². The fourth-order valence-corrected chi connectivity index (χ4v) is 6.24. The molecule has 3 nitrogen and oxygen atoms in total. The molecule has 1 aromatic rings. The van der Waals surface area contributed by atoms with Crippen molar-refractivity contribution in [2.75, 3.05) is 18.6 Å². The number of thiophene rings is 1. The molecule has 1 aromatic heterocycles. The molecule has 0 aliphatic carbocycles. The average Bonchev–Trinajstić information content (AvgIpc) is 2.98. The molecule has 0 bridgehead atoms. The Balaban J connectivity index is 2.29. The van der Waals surface area contributed by atoms with Crippen molar-refractivity contribution < 1.29 is 8.42 Å². The number of sulfonamides is 1. The molecule has 1 unspecified atom stereocenters. The molecule has 1 saturated heterocycles. The first-order valence-electron chi connectivity index (χ1n) is 5.25. The van der Waals surface area contributed by atoms with Crippen molar-refractivity contribution >= 4 is 44.7 Å². The van der Waals surface area contributed by atoms with E-state index >= 15 is 0 Å². The van der Waals surface area contributed by atoms with E-state index in [0.29, 0.717) is 4.90 Å². The van der Waals surface area contributed by atoms with Crippen molar-refractivity contribution in [2.24, 2.45) is 0 Å². The van der Waals surface area contributed by atoms with Gasteiger partial charge in [-0.3, -0.25) is 0 Å². The molecule has 0 amide bonds. The van der Waals surface area contributed by atoms with Gasteiger partial charge in [-0.25, -0.2) is 8.42 Å². The quantitative estimate of drug-likeness (QED) is 0.802. The average molecular weight is 312 g/mol. The number of alkyl halides is 1. The second-order valence-electron chi connectivity index (χ2n) is 3.88. The van der Waals surface area contributed by atoms with Crippen LogP contribution in [0.4, 0.5) is 0 Å². The maximum Gasteiger partial charge on any atom is 0.244 e. The van der Waals surface area contributed by atoms with Gasteiger partial charge in [-0.2, -0.15) is 16.1 Å². The molecule has 0 spiro atoms. The second kappa shape index (κ2) is 5.48. The molecule has 1 fully saturated rings. The maximum absolute atomic E-state index is 12.4. The van der Waals surface area contributed by atoms with Crippen molar-refractivity contribution in [1.82, 2.24) is 4.31 Å². The minimum absolute atomic E-state index is 0.119. The van der Waals surface area contributed by atoms with Crippen LogP contribution >= 0.6 is 34.7 Å². The lowest BCUT2D eigenvalue weighted by Crippen LogP contribution is -2.37. The maximum atomic E-state index is 12.4. The first-order chi connectivity index (χ1) is 8.07. The number of hydrogen-bond acceptors (Lipinski definition) is 4. The zero-order valence-corrected chi connectivity index (χ0v) is 12.6. The van der Waals surface area contributed by atoms with E-state index in [4.69, 9.17) is 11.6 Å². The summed E-state index contributed by atoms with van der Waals surface area (Å²) >= 11 is 8.96. The van der Waals surface area contributed by atoms with Crippen LogP contribution in [0.25, 0.3) is 0 Å². The minimum Gasteiger partial charge on any atom is -0.207 e. The van der Waals surface area contributed by atoms with Gasteiger partial charge in [-0.1, -0.05) is 0 Å². The van der Waals surface area contributed by atoms with E-state index in [1.54, 1.807) is 30.3 Å². The smallest absolute Gasteiger partial charge is 0.207 e. The van der Waals surface area contributed by atoms with Crippen molar-refractivity contribution in [3.05, 3.63) is 16.3 Å². The van der Waals surface area contributed by atoms with E-state index in [1.807, 2.05) is 0 Å². The molecule has 0 radical (unpaired) electrons. The normalized spacial score (nSPS) is 21.2. The van der Waals surface area contributed by atoms with Crippen LogP contribution in [-0.2, 0) is 15.9 Å². The summed E-state index contributed by atoms with van der Waals surface area (Å²) in [5.74, 6) is 2.17. The van der Waals surface area contributed by atoms with E-state index in [0.717, 1.165) is 22.8 Å². The van der Waals surface area contributed by atoms with Crippen molar-refractivity contribution in [2.45, 2.75) is 23.2 Å². The molecule has 2 rings (SSSR count). The minimum atomic E-state index is -3.38. The number of hydrogen-bond donors (Lipinski definition) is 0. The molecule has 96 valence electrons. The van der Waals surface area contributed by atoms with Crippen LogP contribution < -0.4 is 0 Å². The third kappa shape index (κ3) is 2.66. The Morgan fingerprint density at radius 2 is 2.35 bits per heavy atom. The van der Waals surface area contributed by atoms with Crippen LogP contribution in [0.2, 0.25) is 0 Å². The molecule has 2 heterocycles. The Hall–Kier alpha value is 0.250. The van der Waals surface area contributed by atoms with Gasteiger partial charge in [-0.15, -0.1) is 22.9 Å². The lowest BCUT2D eigenvalue weighted by Gasteiger charge is -2.23. The van der Waals surface area contributed by atoms with E-state index in [9.17, 15) is 8.42 Å². The highest BCUT2D eigenvalue weighted by Gasteiger charge is 2.32. The Kier molecular flexibility index (Phi) is 4.41. The van der Waals surface area contributed by atoms with E-state index in [2.05, 4.69) is 0 Å². The number of rotatable bonds is 4. The van der Waals surface area contributed by atoms with Gasteiger partial charge in [0.1, 0.15) is 0 Å². The summed E-state index contributed by atoms with van der Waals surface area (Å²) in [5, 5.41) is 1.78. The Morgan fingerprint density at radius 3 is 2.94 bits per heavy atom. The standard InChI is InChI=1S/C10H14ClNO2S3/c1-12(8-2-4-15-7-8)17(13,14)10-3-5-16-9(10)6-11/h3,5,8H,2,4,6-7H2,1H3. The lowest BCUT2D eigenvalue weighted by atomic mass is 10.3. The number of thioether (sulfide) groups is 1. The van der Waals surface area contributed by atoms with Gasteiger partial charge in [0.25, 0.3) is 0 Å². The fourth-order valence-electron chi connectivity index (χ4n) is 1.82. The third-order valence-electron chi connectivity index (χ3n) is 2.90. The molecule has 1 atom stereocenters. The van der Waals surface area contributed by atoms with E-state index < -0.39 is 10.0 Å². The largest absolute Gasteiger partial charge is 0.244 e. The molecule has 1 aliphatic heterocycles. The summed E-state index contributed by atoms with van der Waals surface area (Å²) in [6.07, 6.45) is 0.931. The van der Waals surface area contributed by atoms with E-state index in [-0.39, 0.29) is 11.9 Å². The number of halogens is 1. The molecule has 0 N–H and O–H groups in total. The lowest BCUT2D eigenvalue weighted by molar-refractivity contribution is 0.394. The van der Waals surface area contributed by atoms with Crippen molar-refractivity contribution in [3.63, 3.8) is 0 Å². The van der Waals surface area contributed by atoms with Gasteiger partial charge < -0.3 is 0 Å². The van der Waals surface area contributed by atoms with Gasteiger partial charge in [0.15, 0.2) is 0 Å². The molecular weight excluding hydrogens is 298 g/mol. The fraction of sp³-hybridized carbons (Fsp3) is 0.600. The van der Waals surface area contributed by atoms with Gasteiger partial charge in [0, 0.05) is 23.7 Å². The van der Waals surface area contributed by atoms with Gasteiger partial charge in [-0.05, 0) is 23.6 Å². The van der Waals surface area contributed by atoms with Crippen LogP contribution in [0.15, 0.2) is 16.3 Å². The Labute approximate surface area is 115 Å². The monoisotopic (exact) mass is 311 g/mol.